The first-order valence-corrected chi connectivity index (χ1v) is 8.42. The molecule has 0 radical (unpaired) electrons. The van der Waals surface area contributed by atoms with Crippen molar-refractivity contribution in [1.82, 2.24) is 9.97 Å². The van der Waals surface area contributed by atoms with Crippen molar-refractivity contribution in [3.63, 3.8) is 0 Å². The van der Waals surface area contributed by atoms with Gasteiger partial charge in [-0.3, -0.25) is 4.21 Å². The van der Waals surface area contributed by atoms with Crippen LogP contribution in [0.5, 0.6) is 0 Å². The molecule has 0 saturated heterocycles. The Morgan fingerprint density at radius 3 is 2.95 bits per heavy atom. The molecule has 1 aromatic heterocycles. The third-order valence-corrected chi connectivity index (χ3v) is 3.93. The van der Waals surface area contributed by atoms with Crippen LogP contribution in [0.2, 0.25) is 0 Å². The quantitative estimate of drug-likeness (QED) is 0.918. The molecule has 1 fully saturated rings. The van der Waals surface area contributed by atoms with Gasteiger partial charge in [0.25, 0.3) is 0 Å². The van der Waals surface area contributed by atoms with E-state index < -0.39 is 10.8 Å². The van der Waals surface area contributed by atoms with Crippen LogP contribution >= 0.6 is 0 Å². The van der Waals surface area contributed by atoms with Gasteiger partial charge in [0.2, 0.25) is 0 Å². The first kappa shape index (κ1) is 13.2. The van der Waals surface area contributed by atoms with E-state index in [1.165, 1.54) is 12.8 Å². The molecular weight excluding hydrogens is 270 g/mol. The zero-order chi connectivity index (χ0) is 13.9. The molecule has 0 bridgehead atoms. The van der Waals surface area contributed by atoms with Crippen molar-refractivity contribution < 1.29 is 4.21 Å². The molecule has 1 saturated carbocycles. The Bertz CT molecular complexity index is 641. The number of benzene rings is 1. The number of anilines is 2. The minimum Gasteiger partial charge on any atom is -0.340 e. The summed E-state index contributed by atoms with van der Waals surface area (Å²) in [5.41, 5.74) is 2.03. The van der Waals surface area contributed by atoms with E-state index in [4.69, 9.17) is 0 Å². The number of aromatic nitrogens is 2. The molecule has 1 aromatic carbocycles. The lowest BCUT2D eigenvalue weighted by Crippen LogP contribution is -1.99. The molecule has 3 rings (SSSR count). The van der Waals surface area contributed by atoms with Crippen molar-refractivity contribution >= 4 is 22.3 Å². The van der Waals surface area contributed by atoms with Crippen LogP contribution in [0, 0.1) is 0 Å². The Morgan fingerprint density at radius 2 is 2.20 bits per heavy atom. The van der Waals surface area contributed by atoms with Gasteiger partial charge in [0, 0.05) is 40.6 Å². The normalized spacial score (nSPS) is 15.8. The molecule has 4 nitrogen and oxygen atoms in total. The van der Waals surface area contributed by atoms with Gasteiger partial charge in [-0.15, -0.1) is 0 Å². The van der Waals surface area contributed by atoms with Gasteiger partial charge >= 0.3 is 0 Å². The van der Waals surface area contributed by atoms with Gasteiger partial charge in [0.15, 0.2) is 0 Å². The highest BCUT2D eigenvalue weighted by molar-refractivity contribution is 7.83. The van der Waals surface area contributed by atoms with Crippen molar-refractivity contribution in [2.75, 3.05) is 11.6 Å². The second-order valence-electron chi connectivity index (χ2n) is 5.12. The molecule has 0 aliphatic heterocycles. The summed E-state index contributed by atoms with van der Waals surface area (Å²) in [6.45, 7) is 0. The van der Waals surface area contributed by atoms with Crippen LogP contribution in [0.15, 0.2) is 36.5 Å². The minimum absolute atomic E-state index is 0.547. The van der Waals surface area contributed by atoms with E-state index in [0.29, 0.717) is 11.7 Å². The topological polar surface area (TPSA) is 54.9 Å². The molecule has 5 heteroatoms. The van der Waals surface area contributed by atoms with Crippen LogP contribution in [0.1, 0.15) is 30.1 Å². The molecule has 1 aliphatic rings. The molecule has 2 aromatic rings. The molecular formula is C15H17N3OS. The summed E-state index contributed by atoms with van der Waals surface area (Å²) in [6.07, 6.45) is 5.91. The maximum atomic E-state index is 11.3. The Hall–Kier alpha value is -1.75. The fourth-order valence-electron chi connectivity index (χ4n) is 2.10. The molecule has 0 amide bonds. The predicted molar refractivity (Wildman–Crippen MR) is 81.5 cm³/mol. The first-order chi connectivity index (χ1) is 9.70. The molecule has 1 N–H and O–H groups in total. The number of rotatable bonds is 5. The minimum atomic E-state index is -0.826. The van der Waals surface area contributed by atoms with E-state index in [1.807, 2.05) is 30.3 Å². The molecule has 1 unspecified atom stereocenters. The smallest absolute Gasteiger partial charge is 0.134 e. The first-order valence-electron chi connectivity index (χ1n) is 6.69. The molecule has 104 valence electrons. The lowest BCUT2D eigenvalue weighted by Gasteiger charge is -2.08. The molecule has 1 heterocycles. The lowest BCUT2D eigenvalue weighted by atomic mass is 10.2. The monoisotopic (exact) mass is 287 g/mol. The van der Waals surface area contributed by atoms with E-state index >= 15 is 0 Å². The van der Waals surface area contributed by atoms with Gasteiger partial charge in [0.1, 0.15) is 11.6 Å². The molecule has 20 heavy (non-hydrogen) atoms. The van der Waals surface area contributed by atoms with Gasteiger partial charge in [-0.05, 0) is 36.6 Å². The Morgan fingerprint density at radius 1 is 1.35 bits per heavy atom. The van der Waals surface area contributed by atoms with Gasteiger partial charge < -0.3 is 5.32 Å². The maximum Gasteiger partial charge on any atom is 0.134 e. The fraction of sp³-hybridized carbons (Fsp3) is 0.333. The van der Waals surface area contributed by atoms with Crippen LogP contribution in [-0.2, 0) is 16.6 Å². The van der Waals surface area contributed by atoms with Crippen LogP contribution in [-0.4, -0.2) is 20.4 Å². The van der Waals surface area contributed by atoms with Crippen molar-refractivity contribution in [2.24, 2.45) is 0 Å². The third-order valence-electron chi connectivity index (χ3n) is 3.19. The summed E-state index contributed by atoms with van der Waals surface area (Å²) < 4.78 is 11.3. The number of nitrogens with zero attached hydrogens (tertiary/aromatic N) is 2. The molecule has 1 atom stereocenters. The van der Waals surface area contributed by atoms with E-state index in [0.717, 1.165) is 22.9 Å². The van der Waals surface area contributed by atoms with Gasteiger partial charge in [-0.1, -0.05) is 12.1 Å². The Labute approximate surface area is 121 Å². The summed E-state index contributed by atoms with van der Waals surface area (Å²) in [5.74, 6) is 2.87. The van der Waals surface area contributed by atoms with E-state index in [9.17, 15) is 4.21 Å². The average Bonchev–Trinajstić information content (AvgIpc) is 3.23. The highest BCUT2D eigenvalue weighted by atomic mass is 32.2. The molecule has 0 spiro atoms. The lowest BCUT2D eigenvalue weighted by molar-refractivity contribution is 0.686. The van der Waals surface area contributed by atoms with Gasteiger partial charge in [0.05, 0.1) is 0 Å². The van der Waals surface area contributed by atoms with Gasteiger partial charge in [-0.25, -0.2) is 9.97 Å². The third kappa shape index (κ3) is 3.42. The number of nitrogens with one attached hydrogen (secondary N) is 1. The van der Waals surface area contributed by atoms with Crippen LogP contribution in [0.25, 0.3) is 0 Å². The molecule has 1 aliphatic carbocycles. The van der Waals surface area contributed by atoms with Crippen LogP contribution in [0.3, 0.4) is 0 Å². The SMILES string of the molecule is CS(=O)Cc1cccc(Nc2ccnc(C3CC3)n2)c1. The fourth-order valence-corrected chi connectivity index (χ4v) is 2.75. The number of hydrogen-bond donors (Lipinski definition) is 1. The van der Waals surface area contributed by atoms with Crippen molar-refractivity contribution in [2.45, 2.75) is 24.5 Å². The van der Waals surface area contributed by atoms with Crippen molar-refractivity contribution in [3.05, 3.63) is 47.9 Å². The Kier molecular flexibility index (Phi) is 3.78. The van der Waals surface area contributed by atoms with E-state index in [2.05, 4.69) is 15.3 Å². The second-order valence-corrected chi connectivity index (χ2v) is 6.55. The highest BCUT2D eigenvalue weighted by Crippen LogP contribution is 2.38. The highest BCUT2D eigenvalue weighted by Gasteiger charge is 2.26. The average molecular weight is 287 g/mol. The Balaban J connectivity index is 1.76. The summed E-state index contributed by atoms with van der Waals surface area (Å²) in [7, 11) is -0.826. The zero-order valence-electron chi connectivity index (χ0n) is 11.4. The standard InChI is InChI=1S/C15H17N3OS/c1-20(19)10-11-3-2-4-13(9-11)17-14-7-8-16-15(18-14)12-5-6-12/h2-4,7-9,12H,5-6,10H2,1H3,(H,16,17,18). The van der Waals surface area contributed by atoms with Crippen LogP contribution in [0.4, 0.5) is 11.5 Å². The van der Waals surface area contributed by atoms with Crippen molar-refractivity contribution in [3.8, 4) is 0 Å². The summed E-state index contributed by atoms with van der Waals surface area (Å²) in [6, 6.07) is 9.83. The second kappa shape index (κ2) is 5.71. The summed E-state index contributed by atoms with van der Waals surface area (Å²) in [4.78, 5) is 8.85. The van der Waals surface area contributed by atoms with Crippen molar-refractivity contribution in [1.29, 1.82) is 0 Å². The predicted octanol–water partition coefficient (Wildman–Crippen LogP) is 2.98. The maximum absolute atomic E-state index is 11.3. The largest absolute Gasteiger partial charge is 0.340 e. The number of hydrogen-bond acceptors (Lipinski definition) is 4. The van der Waals surface area contributed by atoms with Gasteiger partial charge in [-0.2, -0.15) is 0 Å². The van der Waals surface area contributed by atoms with E-state index in [-0.39, 0.29) is 0 Å². The van der Waals surface area contributed by atoms with E-state index in [1.54, 1.807) is 12.5 Å². The van der Waals surface area contributed by atoms with Crippen LogP contribution < -0.4 is 5.32 Å². The zero-order valence-corrected chi connectivity index (χ0v) is 12.2. The summed E-state index contributed by atoms with van der Waals surface area (Å²) >= 11 is 0. The summed E-state index contributed by atoms with van der Waals surface area (Å²) in [5, 5.41) is 3.29.